The van der Waals surface area contributed by atoms with Crippen LogP contribution in [0.25, 0.3) is 0 Å². The van der Waals surface area contributed by atoms with Gasteiger partial charge in [0.25, 0.3) is 0 Å². The first-order valence-corrected chi connectivity index (χ1v) is 15.6. The van der Waals surface area contributed by atoms with Gasteiger partial charge in [0, 0.05) is 0 Å². The zero-order valence-corrected chi connectivity index (χ0v) is 12.5. The van der Waals surface area contributed by atoms with E-state index >= 15 is 0 Å². The van der Waals surface area contributed by atoms with Crippen LogP contribution in [0.4, 0.5) is 0 Å². The van der Waals surface area contributed by atoms with Crippen LogP contribution < -0.4 is 0 Å². The summed E-state index contributed by atoms with van der Waals surface area (Å²) in [5.74, 6) is 14.0. The summed E-state index contributed by atoms with van der Waals surface area (Å²) in [7, 11) is 0. The quantitative estimate of drug-likeness (QED) is 0.369. The number of rotatable bonds is 0. The fraction of sp³-hybridized carbons (Fsp3) is 1.00. The van der Waals surface area contributed by atoms with Crippen LogP contribution in [0.3, 0.4) is 0 Å². The van der Waals surface area contributed by atoms with Crippen molar-refractivity contribution in [3.8, 4) is 0 Å². The molecule has 2 radical (unpaired) electrons. The summed E-state index contributed by atoms with van der Waals surface area (Å²) < 4.78 is 0. The van der Waals surface area contributed by atoms with Crippen molar-refractivity contribution in [2.75, 3.05) is 0 Å². The second kappa shape index (κ2) is 12.1. The molecule has 3 heteroatoms. The van der Waals surface area contributed by atoms with Gasteiger partial charge in [0.15, 0.2) is 0 Å². The van der Waals surface area contributed by atoms with E-state index in [2.05, 4.69) is 34.5 Å². The fourth-order valence-electron chi connectivity index (χ4n) is 0. The first kappa shape index (κ1) is 16.8. The Morgan fingerprint density at radius 2 is 0.556 bits per heavy atom. The molecule has 0 aliphatic carbocycles. The maximum atomic E-state index is 2.33. The maximum Gasteiger partial charge on any atom is -0.813 e. The van der Waals surface area contributed by atoms with Gasteiger partial charge in [0.05, 0.1) is 0 Å². The summed E-state index contributed by atoms with van der Waals surface area (Å²) in [6.07, 6.45) is 0. The summed E-state index contributed by atoms with van der Waals surface area (Å²) >= 11 is -0.667. The Kier molecular flexibility index (Phi) is 22.7. The van der Waals surface area contributed by atoms with Crippen molar-refractivity contribution < 1.29 is 0 Å². The minimum absolute atomic E-state index is 0. The Morgan fingerprint density at radius 3 is 0.556 bits per heavy atom. The Balaban J connectivity index is -0.0000000720. The largest absolute Gasteiger partial charge is 0.813 e. The van der Waals surface area contributed by atoms with Gasteiger partial charge in [-0.25, -0.2) is 0 Å². The van der Waals surface area contributed by atoms with Gasteiger partial charge < -0.3 is 13.5 Å². The smallest absolute Gasteiger partial charge is 0.813 e. The molecule has 0 spiro atoms. The van der Waals surface area contributed by atoms with E-state index < -0.39 is 0 Å². The Bertz CT molecular complexity index is 26.5. The molecule has 0 saturated carbocycles. The van der Waals surface area contributed by atoms with Gasteiger partial charge in [0.2, 0.25) is 0 Å². The van der Waals surface area contributed by atoms with Crippen LogP contribution in [0, 0.1) is 0 Å². The Labute approximate surface area is 76.5 Å². The van der Waals surface area contributed by atoms with Crippen molar-refractivity contribution in [2.45, 2.75) is 34.5 Å². The molecule has 0 aliphatic heterocycles. The van der Waals surface area contributed by atoms with Crippen molar-refractivity contribution in [1.82, 2.24) is 0 Å². The zero-order chi connectivity index (χ0) is 7.15. The predicted molar refractivity (Wildman–Crippen MR) is 55.5 cm³/mol. The molecular formula is C6H19Ge2S-. The van der Waals surface area contributed by atoms with Gasteiger partial charge in [-0.2, -0.15) is 0 Å². The molecule has 0 amide bonds. The minimum atomic E-state index is -0.333. The minimum Gasteiger partial charge on any atom is -0.813 e. The van der Waals surface area contributed by atoms with E-state index in [0.717, 1.165) is 0 Å². The second-order valence-corrected chi connectivity index (χ2v) is 15.6. The molecule has 0 unspecified atom stereocenters. The first-order valence-electron chi connectivity index (χ1n) is 3.00. The van der Waals surface area contributed by atoms with Gasteiger partial charge >= 0.3 is 63.2 Å². The summed E-state index contributed by atoms with van der Waals surface area (Å²) in [5, 5.41) is 0. The van der Waals surface area contributed by atoms with Gasteiger partial charge in [-0.15, -0.1) is 0 Å². The molecule has 0 heterocycles. The van der Waals surface area contributed by atoms with Crippen LogP contribution in [0.1, 0.15) is 0 Å². The third-order valence-electron chi connectivity index (χ3n) is 0. The van der Waals surface area contributed by atoms with Crippen molar-refractivity contribution >= 4 is 42.2 Å². The summed E-state index contributed by atoms with van der Waals surface area (Å²) in [4.78, 5) is 0. The molecule has 0 aromatic heterocycles. The molecule has 0 aromatic rings. The van der Waals surface area contributed by atoms with Crippen LogP contribution in [0.5, 0.6) is 0 Å². The molecule has 0 rings (SSSR count). The van der Waals surface area contributed by atoms with Crippen LogP contribution in [-0.2, 0) is 13.5 Å². The average molecular weight is 269 g/mol. The standard InChI is InChI=1S/2C3H9Ge.H2S/c2*1-4(2)3;/h2*1-3H3;1H2/p-1. The number of thiol groups is 1. The SMILES string of the molecule is [CH3][Ge]([CH3])[CH3].[CH3][Ge]([CH3])[CH3].[SH-]. The third kappa shape index (κ3) is 253. The third-order valence-corrected chi connectivity index (χ3v) is 0. The van der Waals surface area contributed by atoms with E-state index in [1.807, 2.05) is 0 Å². The van der Waals surface area contributed by atoms with Crippen molar-refractivity contribution in [3.63, 3.8) is 0 Å². The fourth-order valence-corrected chi connectivity index (χ4v) is 0. The van der Waals surface area contributed by atoms with E-state index in [1.54, 1.807) is 0 Å². The van der Waals surface area contributed by atoms with Gasteiger partial charge in [-0.05, 0) is 0 Å². The molecule has 0 fully saturated rings. The van der Waals surface area contributed by atoms with E-state index in [0.29, 0.717) is 0 Å². The molecule has 9 heavy (non-hydrogen) atoms. The molecule has 0 aromatic carbocycles. The van der Waals surface area contributed by atoms with Crippen molar-refractivity contribution in [3.05, 3.63) is 0 Å². The van der Waals surface area contributed by atoms with E-state index in [9.17, 15) is 0 Å². The molecule has 58 valence electrons. The van der Waals surface area contributed by atoms with Gasteiger partial charge in [-0.3, -0.25) is 0 Å². The van der Waals surface area contributed by atoms with E-state index in [4.69, 9.17) is 0 Å². The Morgan fingerprint density at radius 1 is 0.556 bits per heavy atom. The molecule has 0 N–H and O–H groups in total. The van der Waals surface area contributed by atoms with Crippen molar-refractivity contribution in [1.29, 1.82) is 0 Å². The molecule has 0 atom stereocenters. The topological polar surface area (TPSA) is 0 Å². The number of hydrogen-bond acceptors (Lipinski definition) is 1. The van der Waals surface area contributed by atoms with Crippen LogP contribution in [-0.4, -0.2) is 28.7 Å². The van der Waals surface area contributed by atoms with Gasteiger partial charge in [-0.1, -0.05) is 0 Å². The van der Waals surface area contributed by atoms with Crippen LogP contribution >= 0.6 is 0 Å². The zero-order valence-electron chi connectivity index (χ0n) is 7.45. The molecule has 0 aliphatic rings. The first-order chi connectivity index (χ1) is 3.46. The Hall–Kier alpha value is 1.44. The van der Waals surface area contributed by atoms with E-state index in [-0.39, 0.29) is 42.2 Å². The van der Waals surface area contributed by atoms with Gasteiger partial charge in [0.1, 0.15) is 0 Å². The monoisotopic (exact) mass is 271 g/mol. The normalized spacial score (nSPS) is 8.00. The summed E-state index contributed by atoms with van der Waals surface area (Å²) in [5.41, 5.74) is 0. The molecule has 0 saturated heterocycles. The summed E-state index contributed by atoms with van der Waals surface area (Å²) in [6, 6.07) is 0. The summed E-state index contributed by atoms with van der Waals surface area (Å²) in [6.45, 7) is 0. The predicted octanol–water partition coefficient (Wildman–Crippen LogP) is 2.47. The molecule has 0 nitrogen and oxygen atoms in total. The average Bonchev–Trinajstić information content (AvgIpc) is 1.25. The second-order valence-electron chi connectivity index (χ2n) is 3.00. The van der Waals surface area contributed by atoms with Crippen molar-refractivity contribution in [2.24, 2.45) is 0 Å². The van der Waals surface area contributed by atoms with E-state index in [1.165, 1.54) is 0 Å². The molecule has 0 bridgehead atoms. The number of hydrogen-bond donors (Lipinski definition) is 0. The molecular weight excluding hydrogens is 249 g/mol. The maximum absolute atomic E-state index is 2.33. The van der Waals surface area contributed by atoms with Crippen LogP contribution in [0.15, 0.2) is 0 Å². The van der Waals surface area contributed by atoms with Crippen LogP contribution in [0.2, 0.25) is 34.5 Å².